The number of nitrogens with zero attached hydrogens (tertiary/aromatic N) is 1. The molecule has 0 amide bonds. The lowest BCUT2D eigenvalue weighted by molar-refractivity contribution is 1.27. The van der Waals surface area contributed by atoms with E-state index in [1.807, 2.05) is 6.92 Å². The van der Waals surface area contributed by atoms with Crippen LogP contribution in [0.25, 0.3) is 0 Å². The normalized spacial score (nSPS) is 13.6. The van der Waals surface area contributed by atoms with E-state index in [1.54, 1.807) is 19.2 Å². The predicted molar refractivity (Wildman–Crippen MR) is 41.3 cm³/mol. The summed E-state index contributed by atoms with van der Waals surface area (Å²) < 4.78 is 0. The highest BCUT2D eigenvalue weighted by atomic mass is 14.7. The van der Waals surface area contributed by atoms with Gasteiger partial charge in [-0.3, -0.25) is 4.99 Å². The van der Waals surface area contributed by atoms with E-state index < -0.39 is 0 Å². The first kappa shape index (κ1) is 7.95. The average Bonchev–Trinajstić information content (AvgIpc) is 1.83. The van der Waals surface area contributed by atoms with Gasteiger partial charge in [0.2, 0.25) is 0 Å². The van der Waals surface area contributed by atoms with Crippen molar-refractivity contribution in [3.8, 4) is 0 Å². The van der Waals surface area contributed by atoms with Gasteiger partial charge >= 0.3 is 0 Å². The Morgan fingerprint density at radius 3 is 2.44 bits per heavy atom. The maximum absolute atomic E-state index is 5.32. The molecule has 0 aromatic rings. The second-order valence-electron chi connectivity index (χ2n) is 1.85. The molecule has 0 aliphatic heterocycles. The van der Waals surface area contributed by atoms with Crippen LogP contribution >= 0.6 is 0 Å². The van der Waals surface area contributed by atoms with Crippen LogP contribution in [-0.4, -0.2) is 5.71 Å². The first-order chi connectivity index (χ1) is 4.16. The van der Waals surface area contributed by atoms with Crippen molar-refractivity contribution in [2.45, 2.75) is 13.8 Å². The van der Waals surface area contributed by atoms with Gasteiger partial charge in [-0.2, -0.15) is 0 Å². The zero-order chi connectivity index (χ0) is 7.28. The van der Waals surface area contributed by atoms with Crippen LogP contribution in [0.3, 0.4) is 0 Å². The molecule has 0 bridgehead atoms. The van der Waals surface area contributed by atoms with Crippen LogP contribution in [0.2, 0.25) is 0 Å². The van der Waals surface area contributed by atoms with Gasteiger partial charge in [0.1, 0.15) is 0 Å². The van der Waals surface area contributed by atoms with Crippen molar-refractivity contribution in [3.05, 3.63) is 24.6 Å². The fraction of sp³-hybridized carbons (Fsp3) is 0.286. The van der Waals surface area contributed by atoms with Gasteiger partial charge in [-0.15, -0.1) is 0 Å². The number of hydrogen-bond acceptors (Lipinski definition) is 2. The molecule has 0 radical (unpaired) electrons. The third kappa shape index (κ3) is 4.81. The molecular weight excluding hydrogens is 112 g/mol. The van der Waals surface area contributed by atoms with Gasteiger partial charge in [-0.25, -0.2) is 0 Å². The second kappa shape index (κ2) is 3.89. The van der Waals surface area contributed by atoms with Crippen molar-refractivity contribution in [2.75, 3.05) is 0 Å². The van der Waals surface area contributed by atoms with E-state index in [9.17, 15) is 0 Å². The average molecular weight is 124 g/mol. The summed E-state index contributed by atoms with van der Waals surface area (Å²) in [5, 5.41) is 0. The molecular formula is C7H12N2. The number of nitrogens with two attached hydrogens (primary N) is 1. The molecule has 2 heteroatoms. The van der Waals surface area contributed by atoms with Crippen molar-refractivity contribution in [1.29, 1.82) is 0 Å². The summed E-state index contributed by atoms with van der Waals surface area (Å²) in [4.78, 5) is 3.95. The molecule has 0 fully saturated rings. The Morgan fingerprint density at radius 2 is 2.11 bits per heavy atom. The molecule has 0 aliphatic carbocycles. The molecule has 0 saturated heterocycles. The van der Waals surface area contributed by atoms with E-state index in [0.717, 1.165) is 5.71 Å². The third-order valence-electron chi connectivity index (χ3n) is 0.767. The lowest BCUT2D eigenvalue weighted by Gasteiger charge is -1.86. The highest BCUT2D eigenvalue weighted by Gasteiger charge is 1.76. The number of aliphatic imine (C=N–C) groups is 1. The molecule has 2 N–H and O–H groups in total. The summed E-state index contributed by atoms with van der Waals surface area (Å²) in [6, 6.07) is 0. The lowest BCUT2D eigenvalue weighted by atomic mass is 10.4. The van der Waals surface area contributed by atoms with Crippen LogP contribution < -0.4 is 5.73 Å². The molecule has 0 aliphatic rings. The molecule has 0 atom stereocenters. The van der Waals surface area contributed by atoms with Crippen LogP contribution in [-0.2, 0) is 0 Å². The standard InChI is InChI=1S/C7H12N2/c1-4-7(3)9-5-6(2)8/h4-5H,1,8H2,2-3H3/b6-5+,9-7?. The van der Waals surface area contributed by atoms with Crippen LogP contribution in [0.4, 0.5) is 0 Å². The van der Waals surface area contributed by atoms with Crippen LogP contribution in [0.15, 0.2) is 29.5 Å². The quantitative estimate of drug-likeness (QED) is 0.556. The Balaban J connectivity index is 3.98. The van der Waals surface area contributed by atoms with Gasteiger partial charge in [-0.05, 0) is 19.9 Å². The molecule has 50 valence electrons. The maximum Gasteiger partial charge on any atom is 0.0455 e. The fourth-order valence-corrected chi connectivity index (χ4v) is 0.256. The Labute approximate surface area is 55.8 Å². The van der Waals surface area contributed by atoms with E-state index in [1.165, 1.54) is 0 Å². The van der Waals surface area contributed by atoms with E-state index in [0.29, 0.717) is 5.70 Å². The summed E-state index contributed by atoms with van der Waals surface area (Å²) in [5.74, 6) is 0. The largest absolute Gasteiger partial charge is 0.401 e. The van der Waals surface area contributed by atoms with Crippen molar-refractivity contribution in [2.24, 2.45) is 10.7 Å². The van der Waals surface area contributed by atoms with Crippen molar-refractivity contribution < 1.29 is 0 Å². The van der Waals surface area contributed by atoms with Gasteiger partial charge < -0.3 is 5.73 Å². The van der Waals surface area contributed by atoms with Crippen LogP contribution in [0.1, 0.15) is 13.8 Å². The van der Waals surface area contributed by atoms with Gasteiger partial charge in [0.15, 0.2) is 0 Å². The predicted octanol–water partition coefficient (Wildman–Crippen LogP) is 1.45. The highest BCUT2D eigenvalue weighted by Crippen LogP contribution is 1.83. The summed E-state index contributed by atoms with van der Waals surface area (Å²) in [6.45, 7) is 7.20. The number of rotatable bonds is 2. The highest BCUT2D eigenvalue weighted by molar-refractivity contribution is 5.92. The molecule has 0 spiro atoms. The Hall–Kier alpha value is -1.05. The van der Waals surface area contributed by atoms with Gasteiger partial charge in [-0.1, -0.05) is 6.58 Å². The number of hydrogen-bond donors (Lipinski definition) is 1. The van der Waals surface area contributed by atoms with E-state index >= 15 is 0 Å². The monoisotopic (exact) mass is 124 g/mol. The zero-order valence-electron chi connectivity index (χ0n) is 5.89. The summed E-state index contributed by atoms with van der Waals surface area (Å²) in [5.41, 5.74) is 6.89. The zero-order valence-corrected chi connectivity index (χ0v) is 5.89. The summed E-state index contributed by atoms with van der Waals surface area (Å²) >= 11 is 0. The van der Waals surface area contributed by atoms with Crippen LogP contribution in [0.5, 0.6) is 0 Å². The molecule has 9 heavy (non-hydrogen) atoms. The Kier molecular flexibility index (Phi) is 3.44. The maximum atomic E-state index is 5.32. The molecule has 2 nitrogen and oxygen atoms in total. The SMILES string of the molecule is C=CC(C)=N/C=C(\C)N. The van der Waals surface area contributed by atoms with Gasteiger partial charge in [0, 0.05) is 17.6 Å². The van der Waals surface area contributed by atoms with Crippen molar-refractivity contribution in [1.82, 2.24) is 0 Å². The third-order valence-corrected chi connectivity index (χ3v) is 0.767. The summed E-state index contributed by atoms with van der Waals surface area (Å²) in [7, 11) is 0. The smallest absolute Gasteiger partial charge is 0.0455 e. The minimum absolute atomic E-state index is 0.705. The summed E-state index contributed by atoms with van der Waals surface area (Å²) in [6.07, 6.45) is 3.29. The van der Waals surface area contributed by atoms with E-state index in [4.69, 9.17) is 5.73 Å². The van der Waals surface area contributed by atoms with E-state index in [2.05, 4.69) is 11.6 Å². The second-order valence-corrected chi connectivity index (χ2v) is 1.85. The first-order valence-corrected chi connectivity index (χ1v) is 2.76. The van der Waals surface area contributed by atoms with Gasteiger partial charge in [0.25, 0.3) is 0 Å². The first-order valence-electron chi connectivity index (χ1n) is 2.76. The fourth-order valence-electron chi connectivity index (χ4n) is 0.256. The molecule has 0 aromatic heterocycles. The topological polar surface area (TPSA) is 38.4 Å². The van der Waals surface area contributed by atoms with Crippen LogP contribution in [0, 0.1) is 0 Å². The van der Waals surface area contributed by atoms with Crippen molar-refractivity contribution >= 4 is 5.71 Å². The molecule has 0 aromatic carbocycles. The molecule has 0 heterocycles. The Bertz CT molecular complexity index is 150. The van der Waals surface area contributed by atoms with Crippen molar-refractivity contribution in [3.63, 3.8) is 0 Å². The lowest BCUT2D eigenvalue weighted by Crippen LogP contribution is -1.89. The van der Waals surface area contributed by atoms with E-state index in [-0.39, 0.29) is 0 Å². The minimum Gasteiger partial charge on any atom is -0.401 e. The molecule has 0 saturated carbocycles. The molecule has 0 rings (SSSR count). The number of allylic oxidation sites excluding steroid dienone is 2. The van der Waals surface area contributed by atoms with Gasteiger partial charge in [0.05, 0.1) is 0 Å². The minimum atomic E-state index is 0.705. The molecule has 0 unspecified atom stereocenters. The Morgan fingerprint density at radius 1 is 1.56 bits per heavy atom.